The zero-order valence-electron chi connectivity index (χ0n) is 10.2. The monoisotopic (exact) mass is 277 g/mol. The molecule has 4 heteroatoms. The second-order valence-corrected chi connectivity index (χ2v) is 4.96. The van der Waals surface area contributed by atoms with Gasteiger partial charge in [-0.2, -0.15) is 0 Å². The van der Waals surface area contributed by atoms with Crippen molar-refractivity contribution in [3.8, 4) is 5.75 Å². The van der Waals surface area contributed by atoms with Gasteiger partial charge >= 0.3 is 0 Å². The van der Waals surface area contributed by atoms with Gasteiger partial charge in [0.05, 0.1) is 11.6 Å². The fraction of sp³-hybridized carbons (Fsp3) is 0.200. The highest BCUT2D eigenvalue weighted by atomic mass is 35.5. The number of fused-ring (bicyclic) bond motifs is 1. The number of hydrogen-bond acceptors (Lipinski definition) is 2. The van der Waals surface area contributed by atoms with E-state index in [1.807, 2.05) is 18.2 Å². The van der Waals surface area contributed by atoms with Crippen LogP contribution in [0.4, 0.5) is 10.1 Å². The summed E-state index contributed by atoms with van der Waals surface area (Å²) < 4.78 is 18.9. The number of halogens is 2. The lowest BCUT2D eigenvalue weighted by Gasteiger charge is -2.12. The van der Waals surface area contributed by atoms with E-state index in [0.717, 1.165) is 11.4 Å². The lowest BCUT2D eigenvalue weighted by molar-refractivity contribution is 0.334. The molecule has 1 N–H and O–H groups in total. The Morgan fingerprint density at radius 3 is 2.95 bits per heavy atom. The summed E-state index contributed by atoms with van der Waals surface area (Å²) in [7, 11) is 0. The van der Waals surface area contributed by atoms with Crippen molar-refractivity contribution in [3.05, 3.63) is 58.9 Å². The summed E-state index contributed by atoms with van der Waals surface area (Å²) in [6.07, 6.45) is 0. The summed E-state index contributed by atoms with van der Waals surface area (Å²) in [5.74, 6) is 0.821. The summed E-state index contributed by atoms with van der Waals surface area (Å²) in [5, 5.41) is 3.36. The molecule has 0 amide bonds. The highest BCUT2D eigenvalue weighted by Gasteiger charge is 2.23. The van der Waals surface area contributed by atoms with Crippen LogP contribution in [0.15, 0.2) is 42.5 Å². The third-order valence-corrected chi connectivity index (χ3v) is 3.58. The van der Waals surface area contributed by atoms with E-state index in [4.69, 9.17) is 16.3 Å². The predicted molar refractivity (Wildman–Crippen MR) is 74.6 cm³/mol. The van der Waals surface area contributed by atoms with Gasteiger partial charge in [-0.3, -0.25) is 0 Å². The molecule has 0 fully saturated rings. The normalized spacial score (nSPS) is 16.8. The van der Waals surface area contributed by atoms with Crippen LogP contribution in [-0.2, 0) is 0 Å². The van der Waals surface area contributed by atoms with Crippen molar-refractivity contribution in [1.82, 2.24) is 0 Å². The fourth-order valence-corrected chi connectivity index (χ4v) is 2.36. The van der Waals surface area contributed by atoms with Crippen molar-refractivity contribution in [2.24, 2.45) is 0 Å². The Balaban J connectivity index is 1.69. The molecule has 1 aliphatic heterocycles. The first-order valence-corrected chi connectivity index (χ1v) is 6.52. The molecule has 2 aromatic carbocycles. The van der Waals surface area contributed by atoms with Gasteiger partial charge in [-0.1, -0.05) is 29.8 Å². The Bertz CT molecular complexity index is 602. The minimum absolute atomic E-state index is 0.139. The molecular formula is C15H13ClFNO. The number of benzene rings is 2. The van der Waals surface area contributed by atoms with E-state index in [-0.39, 0.29) is 10.9 Å². The maximum atomic E-state index is 13.3. The predicted octanol–water partition coefficient (Wildman–Crippen LogP) is 4.07. The SMILES string of the molecule is Fc1cc(NCC2COc3ccccc32)ccc1Cl. The highest BCUT2D eigenvalue weighted by molar-refractivity contribution is 6.30. The first-order chi connectivity index (χ1) is 9.24. The van der Waals surface area contributed by atoms with E-state index in [2.05, 4.69) is 11.4 Å². The Labute approximate surface area is 116 Å². The second kappa shape index (κ2) is 5.10. The van der Waals surface area contributed by atoms with Crippen LogP contribution >= 0.6 is 11.6 Å². The first-order valence-electron chi connectivity index (χ1n) is 6.14. The van der Waals surface area contributed by atoms with Gasteiger partial charge in [0.15, 0.2) is 0 Å². The minimum atomic E-state index is -0.408. The van der Waals surface area contributed by atoms with Gasteiger partial charge in [-0.05, 0) is 24.3 Å². The maximum Gasteiger partial charge on any atom is 0.143 e. The standard InChI is InChI=1S/C15H13ClFNO/c16-13-6-5-11(7-14(13)17)18-8-10-9-19-15-4-2-1-3-12(10)15/h1-7,10,18H,8-9H2. The van der Waals surface area contributed by atoms with Gasteiger partial charge in [-0.25, -0.2) is 4.39 Å². The lowest BCUT2D eigenvalue weighted by atomic mass is 10.0. The Hall–Kier alpha value is -1.74. The Morgan fingerprint density at radius 1 is 1.26 bits per heavy atom. The molecule has 2 aromatic rings. The van der Waals surface area contributed by atoms with Crippen LogP contribution in [-0.4, -0.2) is 13.2 Å². The van der Waals surface area contributed by atoms with Gasteiger partial charge < -0.3 is 10.1 Å². The molecule has 98 valence electrons. The van der Waals surface area contributed by atoms with E-state index in [0.29, 0.717) is 13.2 Å². The van der Waals surface area contributed by atoms with Crippen LogP contribution in [0.5, 0.6) is 5.75 Å². The Kier molecular flexibility index (Phi) is 3.30. The van der Waals surface area contributed by atoms with Crippen LogP contribution in [0.1, 0.15) is 11.5 Å². The Morgan fingerprint density at radius 2 is 2.11 bits per heavy atom. The summed E-state index contributed by atoms with van der Waals surface area (Å²) in [5.41, 5.74) is 1.93. The summed E-state index contributed by atoms with van der Waals surface area (Å²) >= 11 is 5.65. The molecule has 0 spiro atoms. The molecule has 1 aliphatic rings. The van der Waals surface area contributed by atoms with Gasteiger partial charge in [0.25, 0.3) is 0 Å². The van der Waals surface area contributed by atoms with E-state index in [9.17, 15) is 4.39 Å². The molecule has 1 heterocycles. The lowest BCUT2D eigenvalue weighted by Crippen LogP contribution is -2.13. The average molecular weight is 278 g/mol. The van der Waals surface area contributed by atoms with Gasteiger partial charge in [0.2, 0.25) is 0 Å². The third kappa shape index (κ3) is 2.51. The molecule has 0 saturated carbocycles. The van der Waals surface area contributed by atoms with Crippen molar-refractivity contribution in [2.75, 3.05) is 18.5 Å². The van der Waals surface area contributed by atoms with Crippen molar-refractivity contribution >= 4 is 17.3 Å². The summed E-state index contributed by atoms with van der Waals surface area (Å²) in [6.45, 7) is 1.36. The molecule has 1 unspecified atom stereocenters. The fourth-order valence-electron chi connectivity index (χ4n) is 2.25. The average Bonchev–Trinajstić information content (AvgIpc) is 2.83. The van der Waals surface area contributed by atoms with Crippen LogP contribution < -0.4 is 10.1 Å². The molecule has 0 radical (unpaired) electrons. The van der Waals surface area contributed by atoms with E-state index >= 15 is 0 Å². The first kappa shape index (κ1) is 12.3. The topological polar surface area (TPSA) is 21.3 Å². The number of anilines is 1. The third-order valence-electron chi connectivity index (χ3n) is 3.27. The van der Waals surface area contributed by atoms with E-state index < -0.39 is 5.82 Å². The summed E-state index contributed by atoms with van der Waals surface area (Å²) in [6, 6.07) is 12.7. The molecule has 19 heavy (non-hydrogen) atoms. The zero-order chi connectivity index (χ0) is 13.2. The van der Waals surface area contributed by atoms with Gasteiger partial charge in [0, 0.05) is 23.7 Å². The number of hydrogen-bond donors (Lipinski definition) is 1. The quantitative estimate of drug-likeness (QED) is 0.913. The summed E-state index contributed by atoms with van der Waals surface area (Å²) in [4.78, 5) is 0. The van der Waals surface area contributed by atoms with Crippen molar-refractivity contribution in [2.45, 2.75) is 5.92 Å². The molecular weight excluding hydrogens is 265 g/mol. The molecule has 0 bridgehead atoms. The van der Waals surface area contributed by atoms with Gasteiger partial charge in [-0.15, -0.1) is 0 Å². The number of nitrogens with one attached hydrogen (secondary N) is 1. The number of ether oxygens (including phenoxy) is 1. The zero-order valence-corrected chi connectivity index (χ0v) is 11.0. The van der Waals surface area contributed by atoms with E-state index in [1.165, 1.54) is 11.6 Å². The smallest absolute Gasteiger partial charge is 0.143 e. The molecule has 1 atom stereocenters. The van der Waals surface area contributed by atoms with Crippen LogP contribution in [0, 0.1) is 5.82 Å². The maximum absolute atomic E-state index is 13.3. The number of rotatable bonds is 3. The largest absolute Gasteiger partial charge is 0.493 e. The highest BCUT2D eigenvalue weighted by Crippen LogP contribution is 2.33. The molecule has 3 rings (SSSR count). The second-order valence-electron chi connectivity index (χ2n) is 4.56. The van der Waals surface area contributed by atoms with Crippen LogP contribution in [0.3, 0.4) is 0 Å². The molecule has 0 aromatic heterocycles. The van der Waals surface area contributed by atoms with Crippen molar-refractivity contribution < 1.29 is 9.13 Å². The van der Waals surface area contributed by atoms with Crippen molar-refractivity contribution in [3.63, 3.8) is 0 Å². The van der Waals surface area contributed by atoms with Crippen molar-refractivity contribution in [1.29, 1.82) is 0 Å². The number of para-hydroxylation sites is 1. The van der Waals surface area contributed by atoms with Crippen LogP contribution in [0.25, 0.3) is 0 Å². The molecule has 2 nitrogen and oxygen atoms in total. The molecule has 0 saturated heterocycles. The van der Waals surface area contributed by atoms with Gasteiger partial charge in [0.1, 0.15) is 11.6 Å². The molecule has 0 aliphatic carbocycles. The minimum Gasteiger partial charge on any atom is -0.493 e. The van der Waals surface area contributed by atoms with Crippen LogP contribution in [0.2, 0.25) is 5.02 Å². The van der Waals surface area contributed by atoms with E-state index in [1.54, 1.807) is 12.1 Å².